The summed E-state index contributed by atoms with van der Waals surface area (Å²) in [5, 5.41) is 36.4. The number of carboxylic acid groups (broad SMARTS) is 1. The third-order valence-corrected chi connectivity index (χ3v) is 9.72. The Balaban J connectivity index is 1.16. The van der Waals surface area contributed by atoms with Gasteiger partial charge in [0.15, 0.2) is 11.4 Å². The van der Waals surface area contributed by atoms with Crippen molar-refractivity contribution >= 4 is 39.5 Å². The number of aliphatic carboxylic acids is 1. The van der Waals surface area contributed by atoms with Crippen LogP contribution in [-0.2, 0) is 17.9 Å². The van der Waals surface area contributed by atoms with Crippen molar-refractivity contribution in [3.05, 3.63) is 101 Å². The first kappa shape index (κ1) is 33.8. The van der Waals surface area contributed by atoms with E-state index in [9.17, 15) is 20.3 Å². The van der Waals surface area contributed by atoms with E-state index in [-0.39, 0.29) is 18.6 Å². The molecule has 258 valence electrons. The van der Waals surface area contributed by atoms with Crippen molar-refractivity contribution in [2.75, 3.05) is 25.0 Å². The fraction of sp³-hybridized carbons (Fsp3) is 0.275. The number of nitrogens with zero attached hydrogens (tertiary/aromatic N) is 5. The van der Waals surface area contributed by atoms with Crippen molar-refractivity contribution in [3.8, 4) is 28.7 Å². The molecule has 7 rings (SSSR count). The largest absolute Gasteiger partial charge is 0.481 e. The van der Waals surface area contributed by atoms with Crippen LogP contribution >= 0.6 is 0 Å². The molecule has 4 N–H and O–H groups in total. The predicted molar refractivity (Wildman–Crippen MR) is 196 cm³/mol. The van der Waals surface area contributed by atoms with Crippen LogP contribution in [0.15, 0.2) is 77.5 Å². The number of aliphatic hydroxyl groups excluding tert-OH is 1. The molecule has 0 radical (unpaired) electrons. The lowest BCUT2D eigenvalue weighted by molar-refractivity contribution is -0.141. The first-order valence-corrected chi connectivity index (χ1v) is 17.1. The average Bonchev–Trinajstić information content (AvgIpc) is 3.79. The summed E-state index contributed by atoms with van der Waals surface area (Å²) in [5.41, 5.74) is 9.98. The maximum Gasteiger partial charge on any atom is 0.307 e. The number of aliphatic hydroxyl groups is 1. The molecule has 1 unspecified atom stereocenters. The summed E-state index contributed by atoms with van der Waals surface area (Å²) in [6.45, 7) is 8.50. The number of fused-ring (bicyclic) bond motifs is 2. The minimum Gasteiger partial charge on any atom is -0.481 e. The molecule has 3 aromatic heterocycles. The number of carbonyl (C=O) groups is 1. The molecule has 0 amide bonds. The van der Waals surface area contributed by atoms with Crippen molar-refractivity contribution in [1.29, 1.82) is 5.26 Å². The van der Waals surface area contributed by atoms with Crippen LogP contribution in [0.5, 0.6) is 0 Å². The highest BCUT2D eigenvalue weighted by molar-refractivity contribution is 5.91. The van der Waals surface area contributed by atoms with Crippen LogP contribution in [0.2, 0.25) is 0 Å². The van der Waals surface area contributed by atoms with Gasteiger partial charge in [0.25, 0.3) is 0 Å². The van der Waals surface area contributed by atoms with Gasteiger partial charge in [-0.3, -0.25) is 14.7 Å². The molecular formula is C40H39N7O4. The normalized spacial score (nSPS) is 15.3. The maximum atomic E-state index is 11.4. The van der Waals surface area contributed by atoms with Gasteiger partial charge in [-0.1, -0.05) is 24.3 Å². The number of anilines is 2. The summed E-state index contributed by atoms with van der Waals surface area (Å²) in [6.07, 6.45) is 4.29. The fourth-order valence-corrected chi connectivity index (χ4v) is 6.82. The minimum absolute atomic E-state index is 0.0206. The number of benzene rings is 3. The SMILES string of the molecule is Cc1c(Nc2nccc3cc(CN4CC[C@@H](C(=O)O)C4)cnc23)cccc1-c1cccc(-c2nc3cc(CNC(C)CO)cc(C#N)c3o2)c1C. The molecule has 0 bridgehead atoms. The fourth-order valence-electron chi connectivity index (χ4n) is 6.82. The van der Waals surface area contributed by atoms with Gasteiger partial charge >= 0.3 is 5.97 Å². The zero-order valence-corrected chi connectivity index (χ0v) is 28.8. The molecule has 1 aliphatic rings. The highest BCUT2D eigenvalue weighted by atomic mass is 16.4. The van der Waals surface area contributed by atoms with Crippen LogP contribution in [0.1, 0.15) is 41.2 Å². The Morgan fingerprint density at radius 2 is 1.84 bits per heavy atom. The number of aromatic nitrogens is 3. The van der Waals surface area contributed by atoms with Gasteiger partial charge in [-0.15, -0.1) is 0 Å². The number of carboxylic acids is 1. The zero-order valence-electron chi connectivity index (χ0n) is 28.8. The quantitative estimate of drug-likeness (QED) is 0.115. The van der Waals surface area contributed by atoms with E-state index in [0.29, 0.717) is 54.4 Å². The van der Waals surface area contributed by atoms with E-state index in [2.05, 4.69) is 51.7 Å². The van der Waals surface area contributed by atoms with Gasteiger partial charge in [0.1, 0.15) is 17.1 Å². The molecule has 51 heavy (non-hydrogen) atoms. The Bertz CT molecular complexity index is 2310. The number of hydrogen-bond acceptors (Lipinski definition) is 10. The van der Waals surface area contributed by atoms with Crippen LogP contribution in [0.25, 0.3) is 44.6 Å². The first-order chi connectivity index (χ1) is 24.7. The molecule has 1 fully saturated rings. The van der Waals surface area contributed by atoms with Crippen LogP contribution in [0, 0.1) is 31.1 Å². The van der Waals surface area contributed by atoms with Crippen molar-refractivity contribution in [3.63, 3.8) is 0 Å². The van der Waals surface area contributed by atoms with E-state index in [1.165, 1.54) is 0 Å². The number of oxazole rings is 1. The highest BCUT2D eigenvalue weighted by Gasteiger charge is 2.28. The molecule has 0 spiro atoms. The van der Waals surface area contributed by atoms with Gasteiger partial charge in [0, 0.05) is 54.7 Å². The summed E-state index contributed by atoms with van der Waals surface area (Å²) in [5.74, 6) is 0.0489. The van der Waals surface area contributed by atoms with Gasteiger partial charge in [0.2, 0.25) is 5.89 Å². The molecular weight excluding hydrogens is 642 g/mol. The summed E-state index contributed by atoms with van der Waals surface area (Å²) in [4.78, 5) is 27.8. The van der Waals surface area contributed by atoms with Crippen LogP contribution in [0.4, 0.5) is 11.5 Å². The molecule has 4 heterocycles. The molecule has 11 heteroatoms. The summed E-state index contributed by atoms with van der Waals surface area (Å²) in [6, 6.07) is 22.1. The Kier molecular flexibility index (Phi) is 9.47. The molecule has 0 aliphatic carbocycles. The van der Waals surface area contributed by atoms with Gasteiger partial charge in [-0.05, 0) is 104 Å². The van der Waals surface area contributed by atoms with Gasteiger partial charge in [-0.25, -0.2) is 9.97 Å². The molecule has 0 saturated carbocycles. The van der Waals surface area contributed by atoms with E-state index in [0.717, 1.165) is 62.1 Å². The van der Waals surface area contributed by atoms with Crippen molar-refractivity contribution < 1.29 is 19.4 Å². The summed E-state index contributed by atoms with van der Waals surface area (Å²) in [7, 11) is 0. The van der Waals surface area contributed by atoms with E-state index in [1.54, 1.807) is 12.3 Å². The molecule has 3 aromatic carbocycles. The highest BCUT2D eigenvalue weighted by Crippen LogP contribution is 2.37. The molecule has 1 saturated heterocycles. The number of pyridine rings is 2. The van der Waals surface area contributed by atoms with E-state index in [1.807, 2.05) is 56.4 Å². The van der Waals surface area contributed by atoms with Crippen LogP contribution < -0.4 is 10.6 Å². The van der Waals surface area contributed by atoms with Gasteiger partial charge in [0.05, 0.1) is 18.1 Å². The number of nitrogens with one attached hydrogen (secondary N) is 2. The third-order valence-electron chi connectivity index (χ3n) is 9.72. The Hall–Kier alpha value is -5.67. The summed E-state index contributed by atoms with van der Waals surface area (Å²) < 4.78 is 6.24. The lowest BCUT2D eigenvalue weighted by atomic mass is 9.93. The topological polar surface area (TPSA) is 160 Å². The third kappa shape index (κ3) is 6.90. The van der Waals surface area contributed by atoms with Crippen molar-refractivity contribution in [1.82, 2.24) is 25.2 Å². The maximum absolute atomic E-state index is 11.4. The lowest BCUT2D eigenvalue weighted by Crippen LogP contribution is -2.28. The molecule has 6 aromatic rings. The monoisotopic (exact) mass is 681 g/mol. The van der Waals surface area contributed by atoms with Crippen LogP contribution in [-0.4, -0.2) is 61.8 Å². The number of likely N-dealkylation sites (tertiary alicyclic amines) is 1. The number of nitriles is 1. The molecule has 11 nitrogen and oxygen atoms in total. The van der Waals surface area contributed by atoms with Crippen LogP contribution in [0.3, 0.4) is 0 Å². The first-order valence-electron chi connectivity index (χ1n) is 17.1. The Labute approximate surface area is 295 Å². The van der Waals surface area contributed by atoms with E-state index in [4.69, 9.17) is 14.4 Å². The smallest absolute Gasteiger partial charge is 0.307 e. The zero-order chi connectivity index (χ0) is 35.6. The molecule has 2 atom stereocenters. The second kappa shape index (κ2) is 14.3. The number of hydrogen-bond donors (Lipinski definition) is 4. The standard InChI is InChI=1S/C40H39N7O4/c1-23(22-48)43-18-26-14-30(17-41)37-35(16-26)46-39(51-37)33-8-4-6-31(24(33)2)32-7-5-9-34(25(32)3)45-38-36-28(10-12-42-38)15-27(19-44-36)20-47-13-11-29(21-47)40(49)50/h4-10,12,14-16,19,23,29,43,48H,11,13,18,20-22H2,1-3H3,(H,42,45)(H,49,50)/t23?,29-/m1/s1. The Morgan fingerprint density at radius 1 is 1.06 bits per heavy atom. The minimum atomic E-state index is -0.732. The predicted octanol–water partition coefficient (Wildman–Crippen LogP) is 6.71. The van der Waals surface area contributed by atoms with E-state index < -0.39 is 5.97 Å². The van der Waals surface area contributed by atoms with E-state index >= 15 is 0 Å². The number of rotatable bonds is 11. The summed E-state index contributed by atoms with van der Waals surface area (Å²) >= 11 is 0. The average molecular weight is 682 g/mol. The lowest BCUT2D eigenvalue weighted by Gasteiger charge is -2.17. The van der Waals surface area contributed by atoms with Crippen molar-refractivity contribution in [2.24, 2.45) is 5.92 Å². The van der Waals surface area contributed by atoms with Gasteiger partial charge in [-0.2, -0.15) is 5.26 Å². The van der Waals surface area contributed by atoms with Crippen molar-refractivity contribution in [2.45, 2.75) is 46.3 Å². The Morgan fingerprint density at radius 3 is 2.61 bits per heavy atom. The second-order valence-corrected chi connectivity index (χ2v) is 13.3. The second-order valence-electron chi connectivity index (χ2n) is 13.3. The van der Waals surface area contributed by atoms with Gasteiger partial charge < -0.3 is 25.3 Å². The molecule has 1 aliphatic heterocycles.